The highest BCUT2D eigenvalue weighted by molar-refractivity contribution is 5.61. The Balaban J connectivity index is 2.22. The summed E-state index contributed by atoms with van der Waals surface area (Å²) >= 11 is 0. The smallest absolute Gasteiger partial charge is 0.140 e. The molecule has 0 bridgehead atoms. The first-order chi connectivity index (χ1) is 7.79. The highest BCUT2D eigenvalue weighted by Gasteiger charge is 1.99. The average molecular weight is 210 g/mol. The maximum absolute atomic E-state index is 8.62. The molecule has 0 amide bonds. The summed E-state index contributed by atoms with van der Waals surface area (Å²) in [4.78, 5) is 8.02. The van der Waals surface area contributed by atoms with E-state index in [1.54, 1.807) is 24.7 Å². The minimum atomic E-state index is 0.411. The van der Waals surface area contributed by atoms with Gasteiger partial charge in [-0.1, -0.05) is 0 Å². The second-order valence-electron chi connectivity index (χ2n) is 3.36. The number of pyridine rings is 2. The quantitative estimate of drug-likeness (QED) is 0.826. The molecule has 1 N–H and O–H groups in total. The molecule has 0 atom stereocenters. The fourth-order valence-electron chi connectivity index (χ4n) is 1.28. The zero-order valence-corrected chi connectivity index (χ0v) is 8.81. The normalized spacial score (nSPS) is 9.50. The van der Waals surface area contributed by atoms with Crippen molar-refractivity contribution in [2.75, 3.05) is 5.32 Å². The Bertz CT molecular complexity index is 525. The van der Waals surface area contributed by atoms with Gasteiger partial charge in [-0.2, -0.15) is 5.26 Å². The summed E-state index contributed by atoms with van der Waals surface area (Å²) in [5.41, 5.74) is 3.30. The van der Waals surface area contributed by atoms with Crippen LogP contribution >= 0.6 is 0 Å². The number of aryl methyl sites for hydroxylation is 1. The summed E-state index contributed by atoms with van der Waals surface area (Å²) in [6.07, 6.45) is 5.13. The van der Waals surface area contributed by atoms with Crippen LogP contribution in [0.25, 0.3) is 0 Å². The highest BCUT2D eigenvalue weighted by atomic mass is 14.9. The zero-order chi connectivity index (χ0) is 11.4. The summed E-state index contributed by atoms with van der Waals surface area (Å²) in [6.45, 7) is 2.00. The second-order valence-corrected chi connectivity index (χ2v) is 3.36. The number of anilines is 2. The fourth-order valence-corrected chi connectivity index (χ4v) is 1.28. The second kappa shape index (κ2) is 4.41. The first kappa shape index (κ1) is 10.1. The van der Waals surface area contributed by atoms with Crippen molar-refractivity contribution < 1.29 is 0 Å². The minimum Gasteiger partial charge on any atom is -0.353 e. The number of aromatic nitrogens is 2. The molecule has 0 aliphatic rings. The van der Waals surface area contributed by atoms with E-state index in [-0.39, 0.29) is 0 Å². The number of nitrogens with one attached hydrogen (secondary N) is 1. The predicted molar refractivity (Wildman–Crippen MR) is 61.2 cm³/mol. The van der Waals surface area contributed by atoms with Crippen LogP contribution in [0.1, 0.15) is 11.3 Å². The molecule has 4 nitrogen and oxygen atoms in total. The molecule has 0 saturated heterocycles. The maximum Gasteiger partial charge on any atom is 0.140 e. The molecule has 0 aromatic carbocycles. The van der Waals surface area contributed by atoms with Crippen molar-refractivity contribution >= 4 is 11.4 Å². The van der Waals surface area contributed by atoms with Gasteiger partial charge in [-0.3, -0.25) is 4.98 Å². The average Bonchev–Trinajstić information content (AvgIpc) is 2.33. The third kappa shape index (κ3) is 2.15. The van der Waals surface area contributed by atoms with Crippen LogP contribution < -0.4 is 5.32 Å². The third-order valence-electron chi connectivity index (χ3n) is 2.20. The molecule has 2 aromatic rings. The van der Waals surface area contributed by atoms with E-state index in [1.165, 1.54) is 0 Å². The Morgan fingerprint density at radius 1 is 1.25 bits per heavy atom. The summed E-state index contributed by atoms with van der Waals surface area (Å²) < 4.78 is 0. The van der Waals surface area contributed by atoms with E-state index in [0.717, 1.165) is 16.9 Å². The first-order valence-corrected chi connectivity index (χ1v) is 4.83. The van der Waals surface area contributed by atoms with E-state index in [4.69, 9.17) is 5.26 Å². The minimum absolute atomic E-state index is 0.411. The molecule has 0 unspecified atom stereocenters. The van der Waals surface area contributed by atoms with Crippen LogP contribution in [-0.2, 0) is 0 Å². The van der Waals surface area contributed by atoms with Gasteiger partial charge in [0.1, 0.15) is 11.8 Å². The van der Waals surface area contributed by atoms with Crippen molar-refractivity contribution in [1.29, 1.82) is 5.26 Å². The molecule has 0 radical (unpaired) electrons. The number of hydrogen-bond donors (Lipinski definition) is 1. The van der Waals surface area contributed by atoms with Crippen molar-refractivity contribution in [3.05, 3.63) is 48.0 Å². The van der Waals surface area contributed by atoms with E-state index < -0.39 is 0 Å². The van der Waals surface area contributed by atoms with E-state index >= 15 is 0 Å². The van der Waals surface area contributed by atoms with Crippen LogP contribution in [0.5, 0.6) is 0 Å². The molecule has 0 aliphatic carbocycles. The van der Waals surface area contributed by atoms with Crippen LogP contribution in [0, 0.1) is 18.3 Å². The molecular weight excluding hydrogens is 200 g/mol. The Kier molecular flexibility index (Phi) is 2.79. The van der Waals surface area contributed by atoms with E-state index in [0.29, 0.717) is 5.69 Å². The van der Waals surface area contributed by atoms with Crippen LogP contribution in [0.2, 0.25) is 0 Å². The van der Waals surface area contributed by atoms with Crippen molar-refractivity contribution in [2.45, 2.75) is 6.92 Å². The molecule has 0 spiro atoms. The lowest BCUT2D eigenvalue weighted by molar-refractivity contribution is 1.24. The number of rotatable bonds is 2. The van der Waals surface area contributed by atoms with Gasteiger partial charge in [0.05, 0.1) is 23.8 Å². The molecule has 4 heteroatoms. The summed E-state index contributed by atoms with van der Waals surface area (Å²) in [5, 5.41) is 11.8. The van der Waals surface area contributed by atoms with Gasteiger partial charge in [-0.25, -0.2) is 4.98 Å². The maximum atomic E-state index is 8.62. The predicted octanol–water partition coefficient (Wildman–Crippen LogP) is 2.40. The van der Waals surface area contributed by atoms with Gasteiger partial charge in [0.25, 0.3) is 0 Å². The SMILES string of the molecule is Cc1ccncc1Nc1ccc(C#N)nc1. The topological polar surface area (TPSA) is 61.6 Å². The molecule has 2 heterocycles. The fraction of sp³-hybridized carbons (Fsp3) is 0.0833. The molecule has 78 valence electrons. The van der Waals surface area contributed by atoms with Crippen LogP contribution in [0.4, 0.5) is 11.4 Å². The van der Waals surface area contributed by atoms with Crippen LogP contribution in [0.3, 0.4) is 0 Å². The van der Waals surface area contributed by atoms with E-state index in [2.05, 4.69) is 15.3 Å². The molecule has 0 saturated carbocycles. The van der Waals surface area contributed by atoms with E-state index in [9.17, 15) is 0 Å². The largest absolute Gasteiger partial charge is 0.353 e. The van der Waals surface area contributed by atoms with Crippen LogP contribution in [0.15, 0.2) is 36.8 Å². The standard InChI is InChI=1S/C12H10N4/c1-9-4-5-14-8-12(9)16-11-3-2-10(6-13)15-7-11/h2-5,7-8,16H,1H3. The highest BCUT2D eigenvalue weighted by Crippen LogP contribution is 2.18. The van der Waals surface area contributed by atoms with Crippen LogP contribution in [-0.4, -0.2) is 9.97 Å². The van der Waals surface area contributed by atoms with Crippen molar-refractivity contribution in [3.8, 4) is 6.07 Å². The van der Waals surface area contributed by atoms with Crippen molar-refractivity contribution in [3.63, 3.8) is 0 Å². The molecule has 16 heavy (non-hydrogen) atoms. The lowest BCUT2D eigenvalue weighted by Gasteiger charge is -2.07. The molecule has 0 aliphatic heterocycles. The third-order valence-corrected chi connectivity index (χ3v) is 2.20. The Labute approximate surface area is 93.6 Å². The summed E-state index contributed by atoms with van der Waals surface area (Å²) in [6, 6.07) is 7.40. The molecular formula is C12H10N4. The molecule has 2 aromatic heterocycles. The van der Waals surface area contributed by atoms with Gasteiger partial charge < -0.3 is 5.32 Å². The Morgan fingerprint density at radius 2 is 2.12 bits per heavy atom. The Hall–Kier alpha value is -2.41. The lowest BCUT2D eigenvalue weighted by atomic mass is 10.2. The van der Waals surface area contributed by atoms with Gasteiger partial charge >= 0.3 is 0 Å². The van der Waals surface area contributed by atoms with Gasteiger partial charge in [-0.15, -0.1) is 0 Å². The summed E-state index contributed by atoms with van der Waals surface area (Å²) in [5.74, 6) is 0. The Morgan fingerprint density at radius 3 is 2.75 bits per heavy atom. The molecule has 2 rings (SSSR count). The number of hydrogen-bond acceptors (Lipinski definition) is 4. The number of nitrogens with zero attached hydrogens (tertiary/aromatic N) is 3. The van der Waals surface area contributed by atoms with Gasteiger partial charge in [-0.05, 0) is 30.7 Å². The van der Waals surface area contributed by atoms with Gasteiger partial charge in [0.15, 0.2) is 0 Å². The zero-order valence-electron chi connectivity index (χ0n) is 8.81. The number of nitriles is 1. The lowest BCUT2D eigenvalue weighted by Crippen LogP contribution is -1.94. The molecule has 0 fully saturated rings. The first-order valence-electron chi connectivity index (χ1n) is 4.83. The monoisotopic (exact) mass is 210 g/mol. The van der Waals surface area contributed by atoms with Gasteiger partial charge in [0, 0.05) is 6.20 Å². The van der Waals surface area contributed by atoms with E-state index in [1.807, 2.05) is 25.1 Å². The van der Waals surface area contributed by atoms with Crippen molar-refractivity contribution in [1.82, 2.24) is 9.97 Å². The van der Waals surface area contributed by atoms with Gasteiger partial charge in [0.2, 0.25) is 0 Å². The summed E-state index contributed by atoms with van der Waals surface area (Å²) in [7, 11) is 0. The van der Waals surface area contributed by atoms with Crippen molar-refractivity contribution in [2.24, 2.45) is 0 Å².